The van der Waals surface area contributed by atoms with E-state index >= 15 is 0 Å². The number of amides is 2. The van der Waals surface area contributed by atoms with Crippen LogP contribution in [0.3, 0.4) is 0 Å². The number of hydrogen-bond acceptors (Lipinski definition) is 3. The number of aryl methyl sites for hydroxylation is 1. The third kappa shape index (κ3) is 5.21. The third-order valence-electron chi connectivity index (χ3n) is 5.25. The highest BCUT2D eigenvalue weighted by molar-refractivity contribution is 6.00. The standard InChI is InChI=1S/C20H29N3O2.ClH/c1-2-4-15-6-8-18(9-7-15)23-14-17(11-19(23)24)20(25)22-13-16-5-3-10-21-12-16;/h6-9,16-17,21H,2-5,10-14H2,1H3,(H,22,25);1H. The van der Waals surface area contributed by atoms with E-state index in [2.05, 4.69) is 29.7 Å². The lowest BCUT2D eigenvalue weighted by molar-refractivity contribution is -0.126. The summed E-state index contributed by atoms with van der Waals surface area (Å²) in [6.45, 7) is 5.40. The minimum atomic E-state index is -0.237. The van der Waals surface area contributed by atoms with Crippen LogP contribution >= 0.6 is 12.4 Å². The number of piperidine rings is 1. The summed E-state index contributed by atoms with van der Waals surface area (Å²) in [5.74, 6) is 0.336. The molecule has 5 nitrogen and oxygen atoms in total. The number of hydrogen-bond donors (Lipinski definition) is 2. The molecule has 2 atom stereocenters. The first kappa shape index (κ1) is 20.7. The third-order valence-corrected chi connectivity index (χ3v) is 5.25. The first-order chi connectivity index (χ1) is 12.2. The number of halogens is 1. The van der Waals surface area contributed by atoms with Crippen molar-refractivity contribution >= 4 is 29.9 Å². The van der Waals surface area contributed by atoms with Crippen molar-refractivity contribution < 1.29 is 9.59 Å². The van der Waals surface area contributed by atoms with E-state index in [1.54, 1.807) is 4.90 Å². The molecule has 1 aromatic rings. The average Bonchev–Trinajstić information content (AvgIpc) is 3.03. The van der Waals surface area contributed by atoms with Crippen molar-refractivity contribution in [3.8, 4) is 0 Å². The van der Waals surface area contributed by atoms with Crippen LogP contribution in [0.25, 0.3) is 0 Å². The molecule has 2 saturated heterocycles. The molecule has 3 rings (SSSR count). The van der Waals surface area contributed by atoms with E-state index in [4.69, 9.17) is 0 Å². The Kier molecular flexibility index (Phi) is 7.91. The summed E-state index contributed by atoms with van der Waals surface area (Å²) in [6.07, 6.45) is 4.80. The summed E-state index contributed by atoms with van der Waals surface area (Å²) < 4.78 is 0. The van der Waals surface area contributed by atoms with Gasteiger partial charge in [0.15, 0.2) is 0 Å². The van der Waals surface area contributed by atoms with E-state index in [0.717, 1.165) is 38.0 Å². The van der Waals surface area contributed by atoms with Crippen molar-refractivity contribution in [1.82, 2.24) is 10.6 Å². The van der Waals surface area contributed by atoms with Crippen LogP contribution in [-0.2, 0) is 16.0 Å². The van der Waals surface area contributed by atoms with Gasteiger partial charge in [-0.05, 0) is 56.0 Å². The van der Waals surface area contributed by atoms with E-state index in [9.17, 15) is 9.59 Å². The van der Waals surface area contributed by atoms with Gasteiger partial charge in [-0.2, -0.15) is 0 Å². The fourth-order valence-electron chi connectivity index (χ4n) is 3.75. The van der Waals surface area contributed by atoms with Crippen LogP contribution in [0.15, 0.2) is 24.3 Å². The molecule has 2 fully saturated rings. The molecule has 2 heterocycles. The second-order valence-corrected chi connectivity index (χ2v) is 7.28. The van der Waals surface area contributed by atoms with Gasteiger partial charge in [0, 0.05) is 25.2 Å². The molecule has 144 valence electrons. The molecule has 0 radical (unpaired) electrons. The van der Waals surface area contributed by atoms with Gasteiger partial charge in [0.05, 0.1) is 5.92 Å². The Hall–Kier alpha value is -1.59. The molecule has 26 heavy (non-hydrogen) atoms. The Bertz CT molecular complexity index is 600. The maximum atomic E-state index is 12.4. The number of rotatable bonds is 6. The van der Waals surface area contributed by atoms with Crippen molar-refractivity contribution in [3.63, 3.8) is 0 Å². The summed E-state index contributed by atoms with van der Waals surface area (Å²) in [5.41, 5.74) is 2.19. The van der Waals surface area contributed by atoms with Crippen LogP contribution in [-0.4, -0.2) is 38.0 Å². The number of anilines is 1. The SMILES string of the molecule is CCCc1ccc(N2CC(C(=O)NCC3CCCNC3)CC2=O)cc1.Cl. The van der Waals surface area contributed by atoms with Crippen LogP contribution in [0, 0.1) is 11.8 Å². The van der Waals surface area contributed by atoms with Crippen molar-refractivity contribution in [2.45, 2.75) is 39.0 Å². The summed E-state index contributed by atoms with van der Waals surface area (Å²) in [7, 11) is 0. The first-order valence-electron chi connectivity index (χ1n) is 9.55. The number of nitrogens with zero attached hydrogens (tertiary/aromatic N) is 1. The van der Waals surface area contributed by atoms with E-state index < -0.39 is 0 Å². The van der Waals surface area contributed by atoms with Gasteiger partial charge in [-0.25, -0.2) is 0 Å². The van der Waals surface area contributed by atoms with Gasteiger partial charge >= 0.3 is 0 Å². The van der Waals surface area contributed by atoms with Crippen molar-refractivity contribution in [2.75, 3.05) is 31.1 Å². The largest absolute Gasteiger partial charge is 0.355 e. The van der Waals surface area contributed by atoms with Crippen LogP contribution in [0.4, 0.5) is 5.69 Å². The Morgan fingerprint density at radius 2 is 2.08 bits per heavy atom. The molecule has 1 aromatic carbocycles. The zero-order valence-electron chi connectivity index (χ0n) is 15.5. The van der Waals surface area contributed by atoms with Gasteiger partial charge in [0.25, 0.3) is 0 Å². The maximum Gasteiger partial charge on any atom is 0.227 e. The monoisotopic (exact) mass is 379 g/mol. The topological polar surface area (TPSA) is 61.4 Å². The lowest BCUT2D eigenvalue weighted by Gasteiger charge is -2.23. The Labute approximate surface area is 162 Å². The number of carbonyl (C=O) groups excluding carboxylic acids is 2. The van der Waals surface area contributed by atoms with E-state index in [0.29, 0.717) is 25.4 Å². The Morgan fingerprint density at radius 3 is 2.73 bits per heavy atom. The van der Waals surface area contributed by atoms with Crippen molar-refractivity contribution in [1.29, 1.82) is 0 Å². The van der Waals surface area contributed by atoms with E-state index in [1.165, 1.54) is 12.0 Å². The van der Waals surface area contributed by atoms with Gasteiger partial charge in [-0.15, -0.1) is 12.4 Å². The van der Waals surface area contributed by atoms with Crippen molar-refractivity contribution in [2.24, 2.45) is 11.8 Å². The average molecular weight is 380 g/mol. The number of carbonyl (C=O) groups is 2. The smallest absolute Gasteiger partial charge is 0.227 e. The second-order valence-electron chi connectivity index (χ2n) is 7.28. The summed E-state index contributed by atoms with van der Waals surface area (Å²) in [6, 6.07) is 8.15. The molecule has 0 spiro atoms. The predicted octanol–water partition coefficient (Wildman–Crippen LogP) is 2.53. The predicted molar refractivity (Wildman–Crippen MR) is 107 cm³/mol. The van der Waals surface area contributed by atoms with Gasteiger partial charge in [-0.3, -0.25) is 9.59 Å². The van der Waals surface area contributed by atoms with Crippen molar-refractivity contribution in [3.05, 3.63) is 29.8 Å². The molecule has 0 saturated carbocycles. The van der Waals surface area contributed by atoms with Crippen LogP contribution in [0.2, 0.25) is 0 Å². The fourth-order valence-corrected chi connectivity index (χ4v) is 3.75. The highest BCUT2D eigenvalue weighted by Crippen LogP contribution is 2.26. The van der Waals surface area contributed by atoms with Gasteiger partial charge in [0.2, 0.25) is 11.8 Å². The minimum absolute atomic E-state index is 0. The summed E-state index contributed by atoms with van der Waals surface area (Å²) in [5, 5.41) is 6.42. The fraction of sp³-hybridized carbons (Fsp3) is 0.600. The number of benzene rings is 1. The van der Waals surface area contributed by atoms with Crippen LogP contribution in [0.5, 0.6) is 0 Å². The summed E-state index contributed by atoms with van der Waals surface area (Å²) in [4.78, 5) is 26.5. The molecule has 0 aliphatic carbocycles. The first-order valence-corrected chi connectivity index (χ1v) is 9.55. The van der Waals surface area contributed by atoms with Crippen LogP contribution in [0.1, 0.15) is 38.2 Å². The quantitative estimate of drug-likeness (QED) is 0.798. The normalized spacial score (nSPS) is 22.8. The molecule has 2 aliphatic heterocycles. The van der Waals surface area contributed by atoms with Gasteiger partial charge in [-0.1, -0.05) is 25.5 Å². The highest BCUT2D eigenvalue weighted by atomic mass is 35.5. The maximum absolute atomic E-state index is 12.4. The zero-order valence-corrected chi connectivity index (χ0v) is 16.3. The molecule has 2 unspecified atom stereocenters. The lowest BCUT2D eigenvalue weighted by atomic mass is 9.99. The van der Waals surface area contributed by atoms with Gasteiger partial charge < -0.3 is 15.5 Å². The lowest BCUT2D eigenvalue weighted by Crippen LogP contribution is -2.40. The van der Waals surface area contributed by atoms with Crippen LogP contribution < -0.4 is 15.5 Å². The zero-order chi connectivity index (χ0) is 17.6. The minimum Gasteiger partial charge on any atom is -0.355 e. The number of nitrogens with one attached hydrogen (secondary N) is 2. The molecule has 0 aromatic heterocycles. The molecule has 2 aliphatic rings. The van der Waals surface area contributed by atoms with E-state index in [1.807, 2.05) is 12.1 Å². The molecule has 0 bridgehead atoms. The second kappa shape index (κ2) is 9.93. The molecular weight excluding hydrogens is 350 g/mol. The Morgan fingerprint density at radius 1 is 1.31 bits per heavy atom. The molecule has 2 amide bonds. The summed E-state index contributed by atoms with van der Waals surface area (Å²) >= 11 is 0. The van der Waals surface area contributed by atoms with Gasteiger partial charge in [0.1, 0.15) is 0 Å². The molecule has 6 heteroatoms. The van der Waals surface area contributed by atoms with E-state index in [-0.39, 0.29) is 30.1 Å². The Balaban J connectivity index is 0.00000243. The molecular formula is C20H30ClN3O2. The highest BCUT2D eigenvalue weighted by Gasteiger charge is 2.35. The molecule has 2 N–H and O–H groups in total.